The van der Waals surface area contributed by atoms with Crippen molar-refractivity contribution in [2.75, 3.05) is 18.9 Å². The quantitative estimate of drug-likeness (QED) is 0.708. The summed E-state index contributed by atoms with van der Waals surface area (Å²) in [4.78, 5) is 4.67. The lowest BCUT2D eigenvalue weighted by Crippen LogP contribution is -2.03. The average Bonchev–Trinajstić information content (AvgIpc) is 3.04. The summed E-state index contributed by atoms with van der Waals surface area (Å²) in [6, 6.07) is 15.7. The molecule has 0 aliphatic heterocycles. The van der Waals surface area contributed by atoms with Gasteiger partial charge in [0.1, 0.15) is 17.4 Å². The van der Waals surface area contributed by atoms with Gasteiger partial charge in [0.05, 0.1) is 18.0 Å². The number of nitrogen functional groups attached to an aromatic ring is 1. The lowest BCUT2D eigenvalue weighted by molar-refractivity contribution is 0.202. The predicted octanol–water partition coefficient (Wildman–Crippen LogP) is 3.43. The molecular weight excluding hydrogens is 296 g/mol. The van der Waals surface area contributed by atoms with Crippen molar-refractivity contribution in [3.05, 3.63) is 53.9 Å². The Labute approximate surface area is 132 Å². The standard InChI is InChI=1S/C17H16N2O2S/c18-14-10-13(6-7-16(14)21-9-8-20)17-19-15(11-22-17)12-4-2-1-3-5-12/h1-7,10-11,20H,8-9,18H2. The number of aliphatic hydroxyl groups is 1. The molecule has 0 fully saturated rings. The highest BCUT2D eigenvalue weighted by Crippen LogP contribution is 2.32. The largest absolute Gasteiger partial charge is 0.489 e. The molecule has 3 rings (SSSR count). The van der Waals surface area contributed by atoms with Crippen LogP contribution in [0, 0.1) is 0 Å². The fourth-order valence-electron chi connectivity index (χ4n) is 2.12. The molecule has 112 valence electrons. The van der Waals surface area contributed by atoms with Gasteiger partial charge >= 0.3 is 0 Å². The SMILES string of the molecule is Nc1cc(-c2nc(-c3ccccc3)cs2)ccc1OCCO. The lowest BCUT2D eigenvalue weighted by Gasteiger charge is -2.08. The first-order chi connectivity index (χ1) is 10.8. The van der Waals surface area contributed by atoms with E-state index in [0.29, 0.717) is 11.4 Å². The number of hydrogen-bond donors (Lipinski definition) is 2. The third-order valence-electron chi connectivity index (χ3n) is 3.18. The maximum Gasteiger partial charge on any atom is 0.142 e. The van der Waals surface area contributed by atoms with Crippen molar-refractivity contribution in [3.8, 4) is 27.6 Å². The van der Waals surface area contributed by atoms with Crippen LogP contribution in [0.4, 0.5) is 5.69 Å². The van der Waals surface area contributed by atoms with Gasteiger partial charge in [0.2, 0.25) is 0 Å². The van der Waals surface area contributed by atoms with Crippen LogP contribution in [0.1, 0.15) is 0 Å². The molecule has 1 aromatic heterocycles. The van der Waals surface area contributed by atoms with Gasteiger partial charge in [-0.3, -0.25) is 0 Å². The summed E-state index contributed by atoms with van der Waals surface area (Å²) in [6.07, 6.45) is 0. The van der Waals surface area contributed by atoms with E-state index in [1.165, 1.54) is 0 Å². The second-order valence-corrected chi connectivity index (χ2v) is 5.59. The molecule has 0 saturated heterocycles. The Morgan fingerprint density at radius 1 is 1.09 bits per heavy atom. The summed E-state index contributed by atoms with van der Waals surface area (Å²) in [5.41, 5.74) is 9.55. The summed E-state index contributed by atoms with van der Waals surface area (Å²) in [5.74, 6) is 0.581. The Kier molecular flexibility index (Phi) is 4.37. The van der Waals surface area contributed by atoms with Crippen LogP contribution in [-0.2, 0) is 0 Å². The molecule has 22 heavy (non-hydrogen) atoms. The number of hydrogen-bond acceptors (Lipinski definition) is 5. The van der Waals surface area contributed by atoms with Crippen molar-refractivity contribution < 1.29 is 9.84 Å². The summed E-state index contributed by atoms with van der Waals surface area (Å²) >= 11 is 1.58. The van der Waals surface area contributed by atoms with E-state index in [1.54, 1.807) is 11.3 Å². The normalized spacial score (nSPS) is 10.6. The predicted molar refractivity (Wildman–Crippen MR) is 90.0 cm³/mol. The smallest absolute Gasteiger partial charge is 0.142 e. The first kappa shape index (κ1) is 14.6. The van der Waals surface area contributed by atoms with Crippen LogP contribution < -0.4 is 10.5 Å². The van der Waals surface area contributed by atoms with E-state index in [-0.39, 0.29) is 13.2 Å². The van der Waals surface area contributed by atoms with Crippen LogP contribution in [0.5, 0.6) is 5.75 Å². The average molecular weight is 312 g/mol. The second-order valence-electron chi connectivity index (χ2n) is 4.73. The van der Waals surface area contributed by atoms with Crippen LogP contribution in [-0.4, -0.2) is 23.3 Å². The van der Waals surface area contributed by atoms with Crippen LogP contribution in [0.15, 0.2) is 53.9 Å². The van der Waals surface area contributed by atoms with Crippen molar-refractivity contribution in [1.29, 1.82) is 0 Å². The van der Waals surface area contributed by atoms with Gasteiger partial charge in [-0.2, -0.15) is 0 Å². The zero-order valence-electron chi connectivity index (χ0n) is 11.9. The van der Waals surface area contributed by atoms with E-state index >= 15 is 0 Å². The molecule has 0 aliphatic carbocycles. The molecule has 1 heterocycles. The number of benzene rings is 2. The summed E-state index contributed by atoms with van der Waals surface area (Å²) in [5, 5.41) is 11.7. The number of thiazole rings is 1. The van der Waals surface area contributed by atoms with E-state index in [0.717, 1.165) is 21.8 Å². The number of aliphatic hydroxyl groups excluding tert-OH is 1. The van der Waals surface area contributed by atoms with Crippen LogP contribution in [0.2, 0.25) is 0 Å². The Morgan fingerprint density at radius 3 is 2.64 bits per heavy atom. The number of ether oxygens (including phenoxy) is 1. The maximum atomic E-state index is 8.79. The number of anilines is 1. The topological polar surface area (TPSA) is 68.4 Å². The van der Waals surface area contributed by atoms with Gasteiger partial charge < -0.3 is 15.6 Å². The minimum Gasteiger partial charge on any atom is -0.489 e. The third kappa shape index (κ3) is 3.10. The van der Waals surface area contributed by atoms with Crippen molar-refractivity contribution in [2.24, 2.45) is 0 Å². The minimum absolute atomic E-state index is 0.0336. The molecular formula is C17H16N2O2S. The molecule has 0 bridgehead atoms. The Morgan fingerprint density at radius 2 is 1.91 bits per heavy atom. The van der Waals surface area contributed by atoms with Crippen LogP contribution >= 0.6 is 11.3 Å². The molecule has 0 spiro atoms. The molecule has 0 atom stereocenters. The zero-order valence-corrected chi connectivity index (χ0v) is 12.7. The molecule has 0 saturated carbocycles. The maximum absolute atomic E-state index is 8.79. The lowest BCUT2D eigenvalue weighted by atomic mass is 10.1. The van der Waals surface area contributed by atoms with E-state index in [1.807, 2.05) is 53.9 Å². The highest BCUT2D eigenvalue weighted by molar-refractivity contribution is 7.13. The molecule has 2 aromatic carbocycles. The Bertz CT molecular complexity index is 756. The van der Waals surface area contributed by atoms with Crippen molar-refractivity contribution in [2.45, 2.75) is 0 Å². The fourth-order valence-corrected chi connectivity index (χ4v) is 2.94. The van der Waals surface area contributed by atoms with Crippen LogP contribution in [0.25, 0.3) is 21.8 Å². The van der Waals surface area contributed by atoms with Crippen molar-refractivity contribution >= 4 is 17.0 Å². The summed E-state index contributed by atoms with van der Waals surface area (Å²) < 4.78 is 5.36. The molecule has 3 N–H and O–H groups in total. The van der Waals surface area contributed by atoms with Gasteiger partial charge in [-0.1, -0.05) is 30.3 Å². The van der Waals surface area contributed by atoms with Gasteiger partial charge in [0.15, 0.2) is 0 Å². The Balaban J connectivity index is 1.86. The molecule has 0 aliphatic rings. The van der Waals surface area contributed by atoms with E-state index in [4.69, 9.17) is 15.6 Å². The Hall–Kier alpha value is -2.37. The van der Waals surface area contributed by atoms with E-state index in [9.17, 15) is 0 Å². The number of rotatable bonds is 5. The third-order valence-corrected chi connectivity index (χ3v) is 4.07. The van der Waals surface area contributed by atoms with Gasteiger partial charge in [-0.15, -0.1) is 11.3 Å². The number of nitrogens with two attached hydrogens (primary N) is 1. The van der Waals surface area contributed by atoms with Crippen LogP contribution in [0.3, 0.4) is 0 Å². The zero-order chi connectivity index (χ0) is 15.4. The van der Waals surface area contributed by atoms with Gasteiger partial charge in [-0.05, 0) is 18.2 Å². The highest BCUT2D eigenvalue weighted by atomic mass is 32.1. The second kappa shape index (κ2) is 6.60. The summed E-state index contributed by atoms with van der Waals surface area (Å²) in [7, 11) is 0. The number of nitrogens with zero attached hydrogens (tertiary/aromatic N) is 1. The molecule has 3 aromatic rings. The molecule has 4 nitrogen and oxygen atoms in total. The van der Waals surface area contributed by atoms with Crippen molar-refractivity contribution in [1.82, 2.24) is 4.98 Å². The molecule has 0 unspecified atom stereocenters. The van der Waals surface area contributed by atoms with Gasteiger partial charge in [-0.25, -0.2) is 4.98 Å². The molecule has 0 amide bonds. The van der Waals surface area contributed by atoms with Crippen molar-refractivity contribution in [3.63, 3.8) is 0 Å². The minimum atomic E-state index is -0.0336. The van der Waals surface area contributed by atoms with Gasteiger partial charge in [0.25, 0.3) is 0 Å². The first-order valence-corrected chi connectivity index (χ1v) is 7.80. The fraction of sp³-hybridized carbons (Fsp3) is 0.118. The van der Waals surface area contributed by atoms with E-state index < -0.39 is 0 Å². The molecule has 0 radical (unpaired) electrons. The first-order valence-electron chi connectivity index (χ1n) is 6.92. The molecule has 5 heteroatoms. The van der Waals surface area contributed by atoms with Gasteiger partial charge in [0, 0.05) is 16.5 Å². The summed E-state index contributed by atoms with van der Waals surface area (Å²) in [6.45, 7) is 0.201. The highest BCUT2D eigenvalue weighted by Gasteiger charge is 2.09. The monoisotopic (exact) mass is 312 g/mol. The van der Waals surface area contributed by atoms with E-state index in [2.05, 4.69) is 4.98 Å². The number of aromatic nitrogens is 1.